The molecule has 0 spiro atoms. The fraction of sp³-hybridized carbons (Fsp3) is 0. The Bertz CT molecular complexity index is 692. The first-order chi connectivity index (χ1) is 9.38. The highest BCUT2D eigenvalue weighted by atomic mass is 79.9. The molecule has 104 valence electrons. The number of rotatable bonds is 3. The molecule has 0 saturated carbocycles. The van der Waals surface area contributed by atoms with E-state index in [2.05, 4.69) is 15.9 Å². The molecule has 20 heavy (non-hydrogen) atoms. The van der Waals surface area contributed by atoms with E-state index in [1.165, 1.54) is 6.07 Å². The minimum atomic E-state index is -1.36. The second-order valence-corrected chi connectivity index (χ2v) is 5.01. The molecule has 3 nitrogen and oxygen atoms in total. The van der Waals surface area contributed by atoms with Crippen molar-refractivity contribution in [3.05, 3.63) is 57.0 Å². The molecule has 2 rings (SSSR count). The molecule has 0 aromatic heterocycles. The summed E-state index contributed by atoms with van der Waals surface area (Å²) in [5.74, 6) is -2.87. The molecular weight excluding hydrogens is 357 g/mol. The lowest BCUT2D eigenvalue weighted by Gasteiger charge is -2.11. The minimum absolute atomic E-state index is 0.0287. The highest BCUT2D eigenvalue weighted by molar-refractivity contribution is 9.10. The van der Waals surface area contributed by atoms with E-state index in [9.17, 15) is 13.6 Å². The van der Waals surface area contributed by atoms with Gasteiger partial charge in [-0.1, -0.05) is 11.6 Å². The smallest absolute Gasteiger partial charge is 0.339 e. The van der Waals surface area contributed by atoms with Crippen molar-refractivity contribution in [1.82, 2.24) is 0 Å². The Hall–Kier alpha value is -1.66. The first kappa shape index (κ1) is 14.7. The number of ether oxygens (including phenoxy) is 1. The topological polar surface area (TPSA) is 46.5 Å². The van der Waals surface area contributed by atoms with E-state index in [0.717, 1.165) is 24.3 Å². The first-order valence-electron chi connectivity index (χ1n) is 5.23. The van der Waals surface area contributed by atoms with Gasteiger partial charge in [0.25, 0.3) is 0 Å². The third kappa shape index (κ3) is 3.08. The molecule has 0 aliphatic heterocycles. The largest absolute Gasteiger partial charge is 0.478 e. The third-order valence-corrected chi connectivity index (χ3v) is 3.28. The average Bonchev–Trinajstić information content (AvgIpc) is 2.37. The Balaban J connectivity index is 2.45. The van der Waals surface area contributed by atoms with Crippen LogP contribution in [-0.4, -0.2) is 11.1 Å². The Morgan fingerprint density at radius 2 is 1.90 bits per heavy atom. The van der Waals surface area contributed by atoms with E-state index in [1.54, 1.807) is 0 Å². The molecule has 2 aromatic rings. The quantitative estimate of drug-likeness (QED) is 0.791. The van der Waals surface area contributed by atoms with Gasteiger partial charge in [0, 0.05) is 6.07 Å². The lowest BCUT2D eigenvalue weighted by Crippen LogP contribution is -2.01. The molecule has 0 radical (unpaired) electrons. The van der Waals surface area contributed by atoms with E-state index in [0.29, 0.717) is 4.47 Å². The van der Waals surface area contributed by atoms with Crippen molar-refractivity contribution in [3.8, 4) is 11.5 Å². The van der Waals surface area contributed by atoms with Crippen LogP contribution in [0.15, 0.2) is 34.8 Å². The molecule has 0 heterocycles. The molecule has 0 amide bonds. The zero-order valence-corrected chi connectivity index (χ0v) is 12.0. The van der Waals surface area contributed by atoms with Gasteiger partial charge in [-0.25, -0.2) is 13.6 Å². The van der Waals surface area contributed by atoms with Gasteiger partial charge in [-0.15, -0.1) is 0 Å². The summed E-state index contributed by atoms with van der Waals surface area (Å²) in [7, 11) is 0. The number of carboxylic acid groups (broad SMARTS) is 1. The Morgan fingerprint density at radius 1 is 1.20 bits per heavy atom. The predicted molar refractivity (Wildman–Crippen MR) is 72.5 cm³/mol. The second-order valence-electron chi connectivity index (χ2n) is 3.74. The Labute approximate surface area is 125 Å². The molecule has 0 atom stereocenters. The van der Waals surface area contributed by atoms with Gasteiger partial charge in [-0.2, -0.15) is 0 Å². The van der Waals surface area contributed by atoms with Gasteiger partial charge in [0.05, 0.1) is 9.50 Å². The van der Waals surface area contributed by atoms with Crippen molar-refractivity contribution >= 4 is 33.5 Å². The SMILES string of the molecule is O=C(O)c1cc(F)ccc1Oc1cc(F)c(Cl)cc1Br. The van der Waals surface area contributed by atoms with Crippen molar-refractivity contribution in [2.75, 3.05) is 0 Å². The summed E-state index contributed by atoms with van der Waals surface area (Å²) in [5.41, 5.74) is -0.368. The Morgan fingerprint density at radius 3 is 2.55 bits per heavy atom. The summed E-state index contributed by atoms with van der Waals surface area (Å²) in [6.45, 7) is 0. The first-order valence-corrected chi connectivity index (χ1v) is 6.41. The maximum absolute atomic E-state index is 13.4. The number of benzene rings is 2. The van der Waals surface area contributed by atoms with Gasteiger partial charge in [0.15, 0.2) is 0 Å². The van der Waals surface area contributed by atoms with Crippen LogP contribution in [0, 0.1) is 11.6 Å². The number of carbonyl (C=O) groups is 1. The van der Waals surface area contributed by atoms with Gasteiger partial charge in [0.1, 0.15) is 28.7 Å². The summed E-state index contributed by atoms with van der Waals surface area (Å²) in [6, 6.07) is 5.29. The van der Waals surface area contributed by atoms with Crippen LogP contribution in [-0.2, 0) is 0 Å². The highest BCUT2D eigenvalue weighted by Gasteiger charge is 2.15. The summed E-state index contributed by atoms with van der Waals surface area (Å²) >= 11 is 8.70. The maximum Gasteiger partial charge on any atom is 0.339 e. The summed E-state index contributed by atoms with van der Waals surface area (Å²) in [6.07, 6.45) is 0. The molecule has 2 aromatic carbocycles. The minimum Gasteiger partial charge on any atom is -0.478 e. The van der Waals surface area contributed by atoms with Crippen LogP contribution in [0.5, 0.6) is 11.5 Å². The van der Waals surface area contributed by atoms with Crippen LogP contribution >= 0.6 is 27.5 Å². The second kappa shape index (κ2) is 5.76. The van der Waals surface area contributed by atoms with Gasteiger partial charge in [-0.05, 0) is 40.2 Å². The molecule has 0 bridgehead atoms. The molecule has 0 saturated heterocycles. The van der Waals surface area contributed by atoms with Crippen molar-refractivity contribution in [3.63, 3.8) is 0 Å². The molecular formula is C13H6BrClF2O3. The molecule has 0 unspecified atom stereocenters. The summed E-state index contributed by atoms with van der Waals surface area (Å²) in [4.78, 5) is 11.0. The molecule has 0 aliphatic rings. The zero-order valence-electron chi connectivity index (χ0n) is 9.66. The number of halogens is 4. The standard InChI is InChI=1S/C13H6BrClF2O3/c14-8-4-9(15)10(17)5-12(8)20-11-2-1-6(16)3-7(11)13(18)19/h1-5H,(H,18,19). The van der Waals surface area contributed by atoms with Gasteiger partial charge in [-0.3, -0.25) is 0 Å². The van der Waals surface area contributed by atoms with Crippen LogP contribution in [0.3, 0.4) is 0 Å². The lowest BCUT2D eigenvalue weighted by atomic mass is 10.2. The lowest BCUT2D eigenvalue weighted by molar-refractivity contribution is 0.0693. The molecule has 0 aliphatic carbocycles. The van der Waals surface area contributed by atoms with Crippen LogP contribution in [0.1, 0.15) is 10.4 Å². The van der Waals surface area contributed by atoms with Crippen LogP contribution in [0.25, 0.3) is 0 Å². The van der Waals surface area contributed by atoms with E-state index in [1.807, 2.05) is 0 Å². The molecule has 1 N–H and O–H groups in total. The highest BCUT2D eigenvalue weighted by Crippen LogP contribution is 2.35. The van der Waals surface area contributed by atoms with Gasteiger partial charge >= 0.3 is 5.97 Å². The van der Waals surface area contributed by atoms with E-state index >= 15 is 0 Å². The van der Waals surface area contributed by atoms with Crippen LogP contribution in [0.2, 0.25) is 5.02 Å². The van der Waals surface area contributed by atoms with Gasteiger partial charge < -0.3 is 9.84 Å². The third-order valence-electron chi connectivity index (χ3n) is 2.37. The van der Waals surface area contributed by atoms with Gasteiger partial charge in [0.2, 0.25) is 0 Å². The van der Waals surface area contributed by atoms with Crippen molar-refractivity contribution in [2.24, 2.45) is 0 Å². The Kier molecular flexibility index (Phi) is 4.25. The van der Waals surface area contributed by atoms with Crippen molar-refractivity contribution < 1.29 is 23.4 Å². The van der Waals surface area contributed by atoms with Crippen LogP contribution in [0.4, 0.5) is 8.78 Å². The number of carboxylic acids is 1. The van der Waals surface area contributed by atoms with Crippen molar-refractivity contribution in [1.29, 1.82) is 0 Å². The zero-order chi connectivity index (χ0) is 14.9. The average molecular weight is 364 g/mol. The van der Waals surface area contributed by atoms with E-state index < -0.39 is 17.6 Å². The van der Waals surface area contributed by atoms with Crippen molar-refractivity contribution in [2.45, 2.75) is 0 Å². The fourth-order valence-electron chi connectivity index (χ4n) is 1.46. The summed E-state index contributed by atoms with van der Waals surface area (Å²) in [5, 5.41) is 8.87. The van der Waals surface area contributed by atoms with E-state index in [-0.39, 0.29) is 22.1 Å². The number of hydrogen-bond acceptors (Lipinski definition) is 2. The normalized spacial score (nSPS) is 10.4. The predicted octanol–water partition coefficient (Wildman–Crippen LogP) is 4.87. The molecule has 0 fully saturated rings. The molecule has 7 heteroatoms. The number of hydrogen-bond donors (Lipinski definition) is 1. The van der Waals surface area contributed by atoms with E-state index in [4.69, 9.17) is 21.4 Å². The number of aromatic carboxylic acids is 1. The monoisotopic (exact) mass is 362 g/mol. The maximum atomic E-state index is 13.4. The van der Waals surface area contributed by atoms with Crippen LogP contribution < -0.4 is 4.74 Å². The summed E-state index contributed by atoms with van der Waals surface area (Å²) < 4.78 is 32.1. The fourth-order valence-corrected chi connectivity index (χ4v) is 2.18.